The first-order chi connectivity index (χ1) is 10.9. The van der Waals surface area contributed by atoms with Crippen LogP contribution in [-0.2, 0) is 9.59 Å². The van der Waals surface area contributed by atoms with Gasteiger partial charge >= 0.3 is 0 Å². The quantitative estimate of drug-likeness (QED) is 0.294. The van der Waals surface area contributed by atoms with Crippen LogP contribution >= 0.6 is 0 Å². The lowest BCUT2D eigenvalue weighted by Gasteiger charge is -2.08. The number of likely N-dealkylation sites (tertiary alicyclic amines) is 1. The van der Waals surface area contributed by atoms with Gasteiger partial charge in [-0.05, 0) is 39.0 Å². The maximum Gasteiger partial charge on any atom is 0.271 e. The molecule has 1 heterocycles. The summed E-state index contributed by atoms with van der Waals surface area (Å²) in [4.78, 5) is 33.9. The molecule has 0 aliphatic carbocycles. The number of carbonyl (C=O) groups is 2. The van der Waals surface area contributed by atoms with Gasteiger partial charge in [-0.2, -0.15) is 0 Å². The standard InChI is InChI=1S/C11H10N2O4.C5H11N/c1-7(11(15)6-14)9-4-3-8(13(16)17)5-10(9)12-2;1-6-4-2-3-5-6/h3-6,12H,1H2,2H3;2-5H2,1H3. The van der Waals surface area contributed by atoms with Crippen molar-refractivity contribution in [3.8, 4) is 0 Å². The minimum absolute atomic E-state index is 0.000696. The van der Waals surface area contributed by atoms with E-state index in [0.29, 0.717) is 11.3 Å². The second-order valence-corrected chi connectivity index (χ2v) is 5.21. The number of Topliss-reactive ketones (excluding diaryl/α,β-unsaturated/α-hetero) is 1. The molecular formula is C16H21N3O4. The molecule has 0 spiro atoms. The van der Waals surface area contributed by atoms with Crippen LogP contribution in [0.4, 0.5) is 11.4 Å². The number of nitro groups is 1. The first-order valence-corrected chi connectivity index (χ1v) is 7.24. The number of nitrogens with zero attached hydrogens (tertiary/aromatic N) is 2. The number of nitro benzene ring substituents is 1. The van der Waals surface area contributed by atoms with E-state index in [1.807, 2.05) is 0 Å². The van der Waals surface area contributed by atoms with Crippen molar-refractivity contribution in [2.75, 3.05) is 32.5 Å². The summed E-state index contributed by atoms with van der Waals surface area (Å²) >= 11 is 0. The molecule has 0 aromatic heterocycles. The summed E-state index contributed by atoms with van der Waals surface area (Å²) in [7, 11) is 3.73. The van der Waals surface area contributed by atoms with E-state index in [1.54, 1.807) is 7.05 Å². The minimum atomic E-state index is -0.754. The van der Waals surface area contributed by atoms with E-state index in [-0.39, 0.29) is 17.5 Å². The highest BCUT2D eigenvalue weighted by Crippen LogP contribution is 2.27. The number of benzene rings is 1. The van der Waals surface area contributed by atoms with Crippen LogP contribution in [0.5, 0.6) is 0 Å². The number of carbonyl (C=O) groups excluding carboxylic acids is 2. The number of non-ortho nitro benzene ring substituents is 1. The third kappa shape index (κ3) is 5.30. The van der Waals surface area contributed by atoms with Crippen LogP contribution in [0.1, 0.15) is 18.4 Å². The zero-order valence-corrected chi connectivity index (χ0v) is 13.4. The second-order valence-electron chi connectivity index (χ2n) is 5.21. The van der Waals surface area contributed by atoms with Crippen molar-refractivity contribution in [3.05, 3.63) is 40.5 Å². The molecule has 1 fully saturated rings. The summed E-state index contributed by atoms with van der Waals surface area (Å²) in [5.41, 5.74) is 0.637. The fraction of sp³-hybridized carbons (Fsp3) is 0.375. The maximum atomic E-state index is 11.2. The predicted octanol–water partition coefficient (Wildman–Crippen LogP) is 2.13. The van der Waals surface area contributed by atoms with Crippen molar-refractivity contribution in [2.24, 2.45) is 0 Å². The van der Waals surface area contributed by atoms with Crippen molar-refractivity contribution in [3.63, 3.8) is 0 Å². The molecule has 2 rings (SSSR count). The van der Waals surface area contributed by atoms with Gasteiger partial charge in [-0.1, -0.05) is 6.58 Å². The van der Waals surface area contributed by atoms with Crippen LogP contribution in [0.3, 0.4) is 0 Å². The fourth-order valence-electron chi connectivity index (χ4n) is 2.19. The smallest absolute Gasteiger partial charge is 0.271 e. The molecule has 7 nitrogen and oxygen atoms in total. The molecule has 0 unspecified atom stereocenters. The van der Waals surface area contributed by atoms with Crippen molar-refractivity contribution in [1.29, 1.82) is 0 Å². The van der Waals surface area contributed by atoms with Gasteiger partial charge < -0.3 is 10.2 Å². The highest BCUT2D eigenvalue weighted by Gasteiger charge is 2.15. The first-order valence-electron chi connectivity index (χ1n) is 7.24. The second kappa shape index (κ2) is 8.79. The van der Waals surface area contributed by atoms with Crippen molar-refractivity contribution < 1.29 is 14.5 Å². The average Bonchev–Trinajstić information content (AvgIpc) is 3.04. The molecular weight excluding hydrogens is 298 g/mol. The van der Waals surface area contributed by atoms with Crippen LogP contribution in [0.25, 0.3) is 5.57 Å². The zero-order valence-electron chi connectivity index (χ0n) is 13.4. The monoisotopic (exact) mass is 319 g/mol. The molecule has 0 atom stereocenters. The molecule has 124 valence electrons. The summed E-state index contributed by atoms with van der Waals surface area (Å²) in [5, 5.41) is 13.3. The van der Waals surface area contributed by atoms with E-state index in [1.165, 1.54) is 44.1 Å². The van der Waals surface area contributed by atoms with E-state index in [4.69, 9.17) is 0 Å². The number of allylic oxidation sites excluding steroid dienone is 1. The third-order valence-electron chi connectivity index (χ3n) is 3.54. The van der Waals surface area contributed by atoms with Crippen LogP contribution in [0.15, 0.2) is 24.8 Å². The number of rotatable bonds is 5. The Labute approximate surface area is 135 Å². The Hall–Kier alpha value is -2.54. The van der Waals surface area contributed by atoms with Crippen LogP contribution in [0, 0.1) is 10.1 Å². The molecule has 1 aromatic rings. The highest BCUT2D eigenvalue weighted by molar-refractivity contribution is 6.46. The summed E-state index contributed by atoms with van der Waals surface area (Å²) < 4.78 is 0. The number of hydrogen-bond acceptors (Lipinski definition) is 6. The summed E-state index contributed by atoms with van der Waals surface area (Å²) in [6.45, 7) is 6.13. The van der Waals surface area contributed by atoms with Crippen molar-refractivity contribution >= 4 is 29.0 Å². The van der Waals surface area contributed by atoms with Gasteiger partial charge in [0.2, 0.25) is 5.78 Å². The number of ketones is 1. The lowest BCUT2D eigenvalue weighted by atomic mass is 10.0. The van der Waals surface area contributed by atoms with Gasteiger partial charge in [-0.15, -0.1) is 0 Å². The normalized spacial score (nSPS) is 13.7. The Morgan fingerprint density at radius 2 is 2.00 bits per heavy atom. The molecule has 0 radical (unpaired) electrons. The van der Waals surface area contributed by atoms with Crippen LogP contribution in [-0.4, -0.2) is 49.1 Å². The minimum Gasteiger partial charge on any atom is -0.387 e. The lowest BCUT2D eigenvalue weighted by Crippen LogP contribution is -2.10. The third-order valence-corrected chi connectivity index (χ3v) is 3.54. The summed E-state index contributed by atoms with van der Waals surface area (Å²) in [5.74, 6) is -0.754. The zero-order chi connectivity index (χ0) is 17.4. The van der Waals surface area contributed by atoms with E-state index >= 15 is 0 Å². The molecule has 1 saturated heterocycles. The van der Waals surface area contributed by atoms with Gasteiger partial charge in [0.25, 0.3) is 5.69 Å². The van der Waals surface area contributed by atoms with E-state index in [9.17, 15) is 19.7 Å². The topological polar surface area (TPSA) is 92.5 Å². The Bertz CT molecular complexity index is 607. The SMILES string of the molecule is C=C(C(=O)C=O)c1ccc([N+](=O)[O-])cc1NC.CN1CCCC1. The lowest BCUT2D eigenvalue weighted by molar-refractivity contribution is -0.384. The first kappa shape index (κ1) is 18.5. The highest BCUT2D eigenvalue weighted by atomic mass is 16.6. The molecule has 1 aromatic carbocycles. The largest absolute Gasteiger partial charge is 0.387 e. The number of aldehydes is 1. The summed E-state index contributed by atoms with van der Waals surface area (Å²) in [6.07, 6.45) is 2.98. The fourth-order valence-corrected chi connectivity index (χ4v) is 2.19. The average molecular weight is 319 g/mol. The Morgan fingerprint density at radius 1 is 1.39 bits per heavy atom. The van der Waals surface area contributed by atoms with Gasteiger partial charge in [-0.3, -0.25) is 19.7 Å². The van der Waals surface area contributed by atoms with E-state index in [2.05, 4.69) is 23.8 Å². The van der Waals surface area contributed by atoms with E-state index in [0.717, 1.165) is 0 Å². The van der Waals surface area contributed by atoms with Crippen LogP contribution in [0.2, 0.25) is 0 Å². The number of hydrogen-bond donors (Lipinski definition) is 1. The maximum absolute atomic E-state index is 11.2. The molecule has 23 heavy (non-hydrogen) atoms. The van der Waals surface area contributed by atoms with Gasteiger partial charge in [0.1, 0.15) is 0 Å². The molecule has 0 saturated carbocycles. The molecule has 0 bridgehead atoms. The van der Waals surface area contributed by atoms with Crippen molar-refractivity contribution in [1.82, 2.24) is 4.90 Å². The van der Waals surface area contributed by atoms with E-state index < -0.39 is 10.7 Å². The van der Waals surface area contributed by atoms with Gasteiger partial charge in [0, 0.05) is 36.0 Å². The Balaban J connectivity index is 0.000000366. The van der Waals surface area contributed by atoms with Gasteiger partial charge in [0.05, 0.1) is 4.92 Å². The molecule has 1 aliphatic rings. The molecule has 1 aliphatic heterocycles. The van der Waals surface area contributed by atoms with Crippen molar-refractivity contribution in [2.45, 2.75) is 12.8 Å². The van der Waals surface area contributed by atoms with Gasteiger partial charge in [0.15, 0.2) is 6.29 Å². The molecule has 7 heteroatoms. The Kier molecular flexibility index (Phi) is 7.08. The van der Waals surface area contributed by atoms with Gasteiger partial charge in [-0.25, -0.2) is 0 Å². The predicted molar refractivity (Wildman–Crippen MR) is 89.5 cm³/mol. The number of nitrogens with one attached hydrogen (secondary N) is 1. The molecule has 1 N–H and O–H groups in total. The Morgan fingerprint density at radius 3 is 2.39 bits per heavy atom. The number of anilines is 1. The summed E-state index contributed by atoms with van der Waals surface area (Å²) in [6, 6.07) is 3.91. The molecule has 0 amide bonds. The van der Waals surface area contributed by atoms with Crippen LogP contribution < -0.4 is 5.32 Å².